The zero-order chi connectivity index (χ0) is 11.7. The fraction of sp³-hybridized carbons (Fsp3) is 0.400. The Kier molecular flexibility index (Phi) is 3.49. The maximum atomic E-state index is 4.45. The summed E-state index contributed by atoms with van der Waals surface area (Å²) in [5.74, 6) is 0. The smallest absolute Gasteiger partial charge is 0.0840 e. The van der Waals surface area contributed by atoms with Crippen LogP contribution in [0.2, 0.25) is 0 Å². The molecule has 0 aromatic carbocycles. The molecule has 0 aliphatic heterocycles. The van der Waals surface area contributed by atoms with Gasteiger partial charge in [-0.25, -0.2) is 0 Å². The summed E-state index contributed by atoms with van der Waals surface area (Å²) in [5.41, 5.74) is 2.17. The highest BCUT2D eigenvalue weighted by molar-refractivity contribution is 9.10. The number of aromatic nitrogens is 4. The summed E-state index contributed by atoms with van der Waals surface area (Å²) in [5, 5.41) is 8.69. The average Bonchev–Trinajstić information content (AvgIpc) is 2.77. The highest BCUT2D eigenvalue weighted by Gasteiger charge is 2.12. The second-order valence-electron chi connectivity index (χ2n) is 3.52. The number of rotatable bonds is 3. The lowest BCUT2D eigenvalue weighted by molar-refractivity contribution is 0.574. The highest BCUT2D eigenvalue weighted by Crippen LogP contribution is 2.22. The van der Waals surface area contributed by atoms with Gasteiger partial charge in [0.2, 0.25) is 0 Å². The van der Waals surface area contributed by atoms with E-state index in [4.69, 9.17) is 0 Å². The van der Waals surface area contributed by atoms with Crippen LogP contribution in [0.1, 0.15) is 18.3 Å². The van der Waals surface area contributed by atoms with E-state index in [1.165, 1.54) is 0 Å². The molecular formula is C10H12Br2N4. The summed E-state index contributed by atoms with van der Waals surface area (Å²) in [6.07, 6.45) is 3.74. The number of hydrogen-bond acceptors (Lipinski definition) is 2. The molecule has 2 rings (SSSR count). The van der Waals surface area contributed by atoms with Gasteiger partial charge >= 0.3 is 0 Å². The predicted octanol–water partition coefficient (Wildman–Crippen LogP) is 2.98. The highest BCUT2D eigenvalue weighted by atomic mass is 79.9. The van der Waals surface area contributed by atoms with E-state index >= 15 is 0 Å². The van der Waals surface area contributed by atoms with E-state index < -0.39 is 0 Å². The van der Waals surface area contributed by atoms with Crippen LogP contribution in [0, 0.1) is 6.92 Å². The van der Waals surface area contributed by atoms with Crippen molar-refractivity contribution in [3.8, 4) is 0 Å². The third-order valence-electron chi connectivity index (χ3n) is 2.37. The lowest BCUT2D eigenvalue weighted by atomic mass is 10.3. The van der Waals surface area contributed by atoms with Crippen LogP contribution in [-0.2, 0) is 13.1 Å². The van der Waals surface area contributed by atoms with Gasteiger partial charge in [-0.1, -0.05) is 0 Å². The minimum atomic E-state index is 0.723. The number of aryl methyl sites for hydroxylation is 2. The molecule has 0 saturated carbocycles. The Morgan fingerprint density at radius 1 is 1.38 bits per heavy atom. The first-order valence-corrected chi connectivity index (χ1v) is 6.60. The van der Waals surface area contributed by atoms with Crippen molar-refractivity contribution in [2.75, 3.05) is 0 Å². The number of halogens is 2. The summed E-state index contributed by atoms with van der Waals surface area (Å²) in [6.45, 7) is 5.67. The van der Waals surface area contributed by atoms with E-state index in [1.54, 1.807) is 6.20 Å². The lowest BCUT2D eigenvalue weighted by Gasteiger charge is -2.05. The summed E-state index contributed by atoms with van der Waals surface area (Å²) in [4.78, 5) is 0. The predicted molar refractivity (Wildman–Crippen MR) is 69.4 cm³/mol. The van der Waals surface area contributed by atoms with Crippen molar-refractivity contribution in [2.24, 2.45) is 0 Å². The van der Waals surface area contributed by atoms with Gasteiger partial charge < -0.3 is 0 Å². The third kappa shape index (κ3) is 2.22. The topological polar surface area (TPSA) is 35.6 Å². The van der Waals surface area contributed by atoms with E-state index in [-0.39, 0.29) is 0 Å². The standard InChI is InChI=1S/C10H12Br2N4/c1-3-16-9(10(12)7(2)14-16)6-15-5-8(11)4-13-15/h4-5H,3,6H2,1-2H3. The Balaban J connectivity index is 2.33. The van der Waals surface area contributed by atoms with Gasteiger partial charge in [0.1, 0.15) is 0 Å². The fourth-order valence-corrected chi connectivity index (χ4v) is 2.34. The maximum Gasteiger partial charge on any atom is 0.0840 e. The monoisotopic (exact) mass is 346 g/mol. The molecule has 0 fully saturated rings. The zero-order valence-corrected chi connectivity index (χ0v) is 12.3. The van der Waals surface area contributed by atoms with Gasteiger partial charge in [0.25, 0.3) is 0 Å². The van der Waals surface area contributed by atoms with Crippen LogP contribution in [0.5, 0.6) is 0 Å². The summed E-state index contributed by atoms with van der Waals surface area (Å²) >= 11 is 6.96. The molecule has 0 radical (unpaired) electrons. The molecule has 2 aromatic heterocycles. The van der Waals surface area contributed by atoms with Crippen LogP contribution in [0.15, 0.2) is 21.3 Å². The van der Waals surface area contributed by atoms with E-state index in [0.717, 1.165) is 33.4 Å². The fourth-order valence-electron chi connectivity index (χ4n) is 1.60. The second kappa shape index (κ2) is 4.71. The van der Waals surface area contributed by atoms with E-state index in [0.29, 0.717) is 0 Å². The first-order chi connectivity index (χ1) is 7.61. The Labute approximate surface area is 111 Å². The zero-order valence-electron chi connectivity index (χ0n) is 9.11. The van der Waals surface area contributed by atoms with E-state index in [2.05, 4.69) is 49.0 Å². The Bertz CT molecular complexity index is 501. The van der Waals surface area contributed by atoms with Crippen LogP contribution in [0.3, 0.4) is 0 Å². The quantitative estimate of drug-likeness (QED) is 0.855. The summed E-state index contributed by atoms with van der Waals surface area (Å²) < 4.78 is 5.94. The minimum absolute atomic E-state index is 0.723. The third-order valence-corrected chi connectivity index (χ3v) is 3.81. The Hall–Kier alpha value is -0.620. The molecule has 0 atom stereocenters. The number of hydrogen-bond donors (Lipinski definition) is 0. The van der Waals surface area contributed by atoms with Gasteiger partial charge in [0.15, 0.2) is 0 Å². The molecule has 0 spiro atoms. The van der Waals surface area contributed by atoms with Gasteiger partial charge in [-0.05, 0) is 45.7 Å². The summed E-state index contributed by atoms with van der Waals surface area (Å²) in [7, 11) is 0. The molecule has 0 bridgehead atoms. The van der Waals surface area contributed by atoms with Gasteiger partial charge in [-0.2, -0.15) is 10.2 Å². The van der Waals surface area contributed by atoms with Gasteiger partial charge in [0.05, 0.1) is 33.1 Å². The van der Waals surface area contributed by atoms with Gasteiger partial charge in [-0.15, -0.1) is 0 Å². The lowest BCUT2D eigenvalue weighted by Crippen LogP contribution is -2.08. The van der Waals surface area contributed by atoms with Gasteiger partial charge in [-0.3, -0.25) is 9.36 Å². The summed E-state index contributed by atoms with van der Waals surface area (Å²) in [6, 6.07) is 0. The first kappa shape index (κ1) is 11.9. The van der Waals surface area contributed by atoms with E-state index in [1.807, 2.05) is 22.5 Å². The first-order valence-electron chi connectivity index (χ1n) is 5.01. The largest absolute Gasteiger partial charge is 0.267 e. The maximum absolute atomic E-state index is 4.45. The van der Waals surface area contributed by atoms with Crippen LogP contribution in [0.4, 0.5) is 0 Å². The van der Waals surface area contributed by atoms with Crippen molar-refractivity contribution in [3.63, 3.8) is 0 Å². The Morgan fingerprint density at radius 2 is 2.12 bits per heavy atom. The molecule has 4 nitrogen and oxygen atoms in total. The van der Waals surface area contributed by atoms with Crippen molar-refractivity contribution in [1.82, 2.24) is 19.6 Å². The minimum Gasteiger partial charge on any atom is -0.267 e. The van der Waals surface area contributed by atoms with Crippen LogP contribution in [0.25, 0.3) is 0 Å². The average molecular weight is 348 g/mol. The molecule has 6 heteroatoms. The van der Waals surface area contributed by atoms with Gasteiger partial charge in [0, 0.05) is 12.7 Å². The van der Waals surface area contributed by atoms with Crippen molar-refractivity contribution in [3.05, 3.63) is 32.7 Å². The van der Waals surface area contributed by atoms with Crippen LogP contribution >= 0.6 is 31.9 Å². The van der Waals surface area contributed by atoms with Crippen molar-refractivity contribution < 1.29 is 0 Å². The molecular weight excluding hydrogens is 336 g/mol. The molecule has 0 N–H and O–H groups in total. The SMILES string of the molecule is CCn1nc(C)c(Br)c1Cn1cc(Br)cn1. The van der Waals surface area contributed by atoms with Crippen molar-refractivity contribution >= 4 is 31.9 Å². The molecule has 0 amide bonds. The molecule has 0 unspecified atom stereocenters. The van der Waals surface area contributed by atoms with Crippen molar-refractivity contribution in [1.29, 1.82) is 0 Å². The van der Waals surface area contributed by atoms with Crippen LogP contribution < -0.4 is 0 Å². The van der Waals surface area contributed by atoms with E-state index in [9.17, 15) is 0 Å². The second-order valence-corrected chi connectivity index (χ2v) is 5.23. The molecule has 16 heavy (non-hydrogen) atoms. The number of nitrogens with zero attached hydrogens (tertiary/aromatic N) is 4. The molecule has 86 valence electrons. The molecule has 0 aliphatic carbocycles. The normalized spacial score (nSPS) is 11.0. The van der Waals surface area contributed by atoms with Crippen LogP contribution in [-0.4, -0.2) is 19.6 Å². The Morgan fingerprint density at radius 3 is 2.69 bits per heavy atom. The molecule has 0 saturated heterocycles. The molecule has 2 heterocycles. The molecule has 0 aliphatic rings. The van der Waals surface area contributed by atoms with Crippen molar-refractivity contribution in [2.45, 2.75) is 26.9 Å². The molecule has 2 aromatic rings.